The zero-order valence-electron chi connectivity index (χ0n) is 15.8. The Hall–Kier alpha value is -3.13. The molecule has 2 rings (SSSR count). The normalized spacial score (nSPS) is 11.0. The molecule has 0 radical (unpaired) electrons. The van der Waals surface area contributed by atoms with Crippen LogP contribution in [0.15, 0.2) is 41.6 Å². The Bertz CT molecular complexity index is 790. The van der Waals surface area contributed by atoms with Crippen molar-refractivity contribution < 1.29 is 23.7 Å². The lowest BCUT2D eigenvalue weighted by molar-refractivity contribution is -0.135. The molecule has 2 aromatic rings. The molecule has 0 aliphatic carbocycles. The topological polar surface area (TPSA) is 91.3 Å². The van der Waals surface area contributed by atoms with Gasteiger partial charge in [-0.25, -0.2) is 4.79 Å². The highest BCUT2D eigenvalue weighted by molar-refractivity contribution is 6.35. The predicted molar refractivity (Wildman–Crippen MR) is 101 cm³/mol. The van der Waals surface area contributed by atoms with Crippen LogP contribution in [0.3, 0.4) is 0 Å². The fraction of sp³-hybridized carbons (Fsp3) is 0.316. The fourth-order valence-corrected chi connectivity index (χ4v) is 2.09. The minimum Gasteiger partial charge on any atom is -0.494 e. The quantitative estimate of drug-likeness (QED) is 0.409. The number of anilines is 1. The van der Waals surface area contributed by atoms with Gasteiger partial charge in [0.1, 0.15) is 23.0 Å². The average Bonchev–Trinajstić information content (AvgIpc) is 2.68. The lowest BCUT2D eigenvalue weighted by Gasteiger charge is -2.11. The molecule has 1 aromatic heterocycles. The number of aromatic nitrogens is 1. The van der Waals surface area contributed by atoms with Crippen LogP contribution in [0.4, 0.5) is 5.69 Å². The lowest BCUT2D eigenvalue weighted by Crippen LogP contribution is -2.15. The molecule has 0 aliphatic rings. The van der Waals surface area contributed by atoms with Gasteiger partial charge in [0.2, 0.25) is 0 Å². The van der Waals surface area contributed by atoms with Crippen molar-refractivity contribution in [2.45, 2.75) is 20.5 Å². The first kappa shape index (κ1) is 20.2. The molecule has 0 saturated carbocycles. The standard InChI is InChI=1S/C19H23N3O5/c1-5-26-19(23)13(2)21-22-17-9-8-15(10-18(17)25-4)27-16-7-6-14(12-24-3)20-11-16/h6-11,22H,5,12H2,1-4H3/b21-13+. The number of carbonyl (C=O) groups is 1. The average molecular weight is 373 g/mol. The van der Waals surface area contributed by atoms with Crippen LogP contribution >= 0.6 is 0 Å². The first-order valence-electron chi connectivity index (χ1n) is 8.34. The molecule has 1 heterocycles. The van der Waals surface area contributed by atoms with Gasteiger partial charge in [-0.1, -0.05) is 0 Å². The molecule has 8 nitrogen and oxygen atoms in total. The summed E-state index contributed by atoms with van der Waals surface area (Å²) in [6.45, 7) is 4.04. The summed E-state index contributed by atoms with van der Waals surface area (Å²) in [6.07, 6.45) is 1.62. The highest BCUT2D eigenvalue weighted by Crippen LogP contribution is 2.31. The first-order chi connectivity index (χ1) is 13.1. The SMILES string of the molecule is CCOC(=O)/C(C)=N/Nc1ccc(Oc2ccc(COC)nc2)cc1OC. The summed E-state index contributed by atoms with van der Waals surface area (Å²) in [4.78, 5) is 15.8. The number of carbonyl (C=O) groups excluding carboxylic acids is 1. The number of esters is 1. The van der Waals surface area contributed by atoms with Crippen molar-refractivity contribution >= 4 is 17.4 Å². The van der Waals surface area contributed by atoms with Crippen LogP contribution in [0.2, 0.25) is 0 Å². The number of pyridine rings is 1. The molecule has 144 valence electrons. The molecule has 8 heteroatoms. The van der Waals surface area contributed by atoms with E-state index in [0.717, 1.165) is 5.69 Å². The van der Waals surface area contributed by atoms with Crippen LogP contribution in [0.1, 0.15) is 19.5 Å². The van der Waals surface area contributed by atoms with E-state index >= 15 is 0 Å². The highest BCUT2D eigenvalue weighted by atomic mass is 16.5. The van der Waals surface area contributed by atoms with Gasteiger partial charge in [-0.2, -0.15) is 5.10 Å². The molecule has 1 aromatic carbocycles. The van der Waals surface area contributed by atoms with Crippen LogP contribution < -0.4 is 14.9 Å². The molecule has 0 spiro atoms. The predicted octanol–water partition coefficient (Wildman–Crippen LogP) is 3.38. The van der Waals surface area contributed by atoms with Gasteiger partial charge in [0.05, 0.1) is 37.9 Å². The minimum atomic E-state index is -0.478. The summed E-state index contributed by atoms with van der Waals surface area (Å²) in [7, 11) is 3.15. The van der Waals surface area contributed by atoms with E-state index in [1.165, 1.54) is 7.11 Å². The van der Waals surface area contributed by atoms with Crippen molar-refractivity contribution in [3.05, 3.63) is 42.2 Å². The maximum Gasteiger partial charge on any atom is 0.354 e. The zero-order chi connectivity index (χ0) is 19.6. The number of hydrazone groups is 1. The summed E-state index contributed by atoms with van der Waals surface area (Å²) < 4.78 is 21.1. The monoisotopic (exact) mass is 373 g/mol. The van der Waals surface area contributed by atoms with Crippen molar-refractivity contribution in [2.24, 2.45) is 5.10 Å². The number of rotatable bonds is 9. The van der Waals surface area contributed by atoms with Gasteiger partial charge in [0.15, 0.2) is 0 Å². The Morgan fingerprint density at radius 1 is 1.19 bits per heavy atom. The summed E-state index contributed by atoms with van der Waals surface area (Å²) in [5, 5.41) is 4.01. The third-order valence-corrected chi connectivity index (χ3v) is 3.41. The highest BCUT2D eigenvalue weighted by Gasteiger charge is 2.09. The van der Waals surface area contributed by atoms with E-state index in [4.69, 9.17) is 18.9 Å². The van der Waals surface area contributed by atoms with Crippen LogP contribution in [-0.2, 0) is 20.9 Å². The third-order valence-electron chi connectivity index (χ3n) is 3.41. The molecular formula is C19H23N3O5. The third kappa shape index (κ3) is 5.96. The van der Waals surface area contributed by atoms with Gasteiger partial charge in [-0.3, -0.25) is 10.4 Å². The molecule has 0 saturated heterocycles. The number of methoxy groups -OCH3 is 2. The largest absolute Gasteiger partial charge is 0.494 e. The Morgan fingerprint density at radius 2 is 1.96 bits per heavy atom. The van der Waals surface area contributed by atoms with Crippen molar-refractivity contribution in [2.75, 3.05) is 26.3 Å². The molecule has 0 atom stereocenters. The molecule has 27 heavy (non-hydrogen) atoms. The van der Waals surface area contributed by atoms with Crippen molar-refractivity contribution in [3.8, 4) is 17.2 Å². The minimum absolute atomic E-state index is 0.210. The molecule has 0 fully saturated rings. The number of nitrogens with zero attached hydrogens (tertiary/aromatic N) is 2. The summed E-state index contributed by atoms with van der Waals surface area (Å²) in [6, 6.07) is 8.85. The fourth-order valence-electron chi connectivity index (χ4n) is 2.09. The molecule has 0 bridgehead atoms. The number of nitrogens with one attached hydrogen (secondary N) is 1. The maximum atomic E-state index is 11.6. The Labute approximate surface area is 158 Å². The van der Waals surface area contributed by atoms with Crippen molar-refractivity contribution in [3.63, 3.8) is 0 Å². The van der Waals surface area contributed by atoms with E-state index in [1.54, 1.807) is 45.4 Å². The number of benzene rings is 1. The number of hydrogen-bond acceptors (Lipinski definition) is 8. The second-order valence-corrected chi connectivity index (χ2v) is 5.41. The van der Waals surface area contributed by atoms with Crippen LogP contribution in [0.25, 0.3) is 0 Å². The maximum absolute atomic E-state index is 11.6. The van der Waals surface area contributed by atoms with E-state index in [2.05, 4.69) is 15.5 Å². The van der Waals surface area contributed by atoms with Crippen LogP contribution in [-0.4, -0.2) is 37.5 Å². The van der Waals surface area contributed by atoms with Crippen molar-refractivity contribution in [1.29, 1.82) is 0 Å². The smallest absolute Gasteiger partial charge is 0.354 e. The first-order valence-corrected chi connectivity index (χ1v) is 8.34. The second-order valence-electron chi connectivity index (χ2n) is 5.41. The summed E-state index contributed by atoms with van der Waals surface area (Å²) in [5.41, 5.74) is 4.41. The second kappa shape index (κ2) is 10.1. The van der Waals surface area contributed by atoms with Gasteiger partial charge in [-0.05, 0) is 38.1 Å². The van der Waals surface area contributed by atoms with E-state index in [9.17, 15) is 4.79 Å². The zero-order valence-corrected chi connectivity index (χ0v) is 15.8. The van der Waals surface area contributed by atoms with E-state index in [0.29, 0.717) is 36.1 Å². The van der Waals surface area contributed by atoms with Gasteiger partial charge < -0.3 is 18.9 Å². The van der Waals surface area contributed by atoms with E-state index in [1.807, 2.05) is 12.1 Å². The van der Waals surface area contributed by atoms with E-state index < -0.39 is 5.97 Å². The lowest BCUT2D eigenvalue weighted by atomic mass is 10.2. The van der Waals surface area contributed by atoms with Gasteiger partial charge in [0, 0.05) is 13.2 Å². The Kier molecular flexibility index (Phi) is 7.57. The summed E-state index contributed by atoms with van der Waals surface area (Å²) in [5.74, 6) is 1.20. The Balaban J connectivity index is 2.08. The molecule has 0 aliphatic heterocycles. The van der Waals surface area contributed by atoms with Gasteiger partial charge in [0.25, 0.3) is 0 Å². The Morgan fingerprint density at radius 3 is 2.59 bits per heavy atom. The van der Waals surface area contributed by atoms with Gasteiger partial charge in [-0.15, -0.1) is 0 Å². The van der Waals surface area contributed by atoms with Crippen molar-refractivity contribution in [1.82, 2.24) is 4.98 Å². The molecule has 1 N–H and O–H groups in total. The number of ether oxygens (including phenoxy) is 4. The van der Waals surface area contributed by atoms with E-state index in [-0.39, 0.29) is 5.71 Å². The van der Waals surface area contributed by atoms with Crippen LogP contribution in [0, 0.1) is 0 Å². The molecule has 0 amide bonds. The number of hydrogen-bond donors (Lipinski definition) is 1. The molecule has 0 unspecified atom stereocenters. The molecular weight excluding hydrogens is 350 g/mol. The van der Waals surface area contributed by atoms with Gasteiger partial charge >= 0.3 is 5.97 Å². The van der Waals surface area contributed by atoms with Crippen LogP contribution in [0.5, 0.6) is 17.2 Å². The summed E-state index contributed by atoms with van der Waals surface area (Å²) >= 11 is 0.